The first-order chi connectivity index (χ1) is 2.91. The molecule has 0 aliphatic rings. The average molecular weight is 120 g/mol. The minimum atomic E-state index is 1.02. The molecule has 2 heteroatoms. The Hall–Kier alpha value is 0.440. The lowest BCUT2D eigenvalue weighted by atomic mass is 11.0. The predicted molar refractivity (Wildman–Crippen MR) is 36.7 cm³/mol. The normalized spacial score (nSPS) is 8.17. The molecule has 0 nitrogen and oxygen atoms in total. The molecular formula is C4H8S2. The SMILES string of the molecule is CCSCC=S. The van der Waals surface area contributed by atoms with E-state index in [1.54, 1.807) is 5.37 Å². The van der Waals surface area contributed by atoms with Crippen LogP contribution in [0, 0.1) is 0 Å². The summed E-state index contributed by atoms with van der Waals surface area (Å²) >= 11 is 6.42. The van der Waals surface area contributed by atoms with Crippen LogP contribution in [-0.4, -0.2) is 16.9 Å². The maximum absolute atomic E-state index is 4.57. The molecule has 0 saturated heterocycles. The van der Waals surface area contributed by atoms with E-state index >= 15 is 0 Å². The summed E-state index contributed by atoms with van der Waals surface area (Å²) < 4.78 is 0. The van der Waals surface area contributed by atoms with Gasteiger partial charge in [0.1, 0.15) is 0 Å². The Bertz CT molecular complexity index is 34.5. The van der Waals surface area contributed by atoms with Crippen LogP contribution in [0.3, 0.4) is 0 Å². The van der Waals surface area contributed by atoms with Gasteiger partial charge < -0.3 is 0 Å². The molecule has 0 atom stereocenters. The molecule has 0 unspecified atom stereocenters. The molecular weight excluding hydrogens is 112 g/mol. The molecule has 0 amide bonds. The summed E-state index contributed by atoms with van der Waals surface area (Å²) in [6.07, 6.45) is 0. The van der Waals surface area contributed by atoms with Gasteiger partial charge in [0.15, 0.2) is 0 Å². The van der Waals surface area contributed by atoms with E-state index in [0.29, 0.717) is 0 Å². The van der Waals surface area contributed by atoms with Crippen LogP contribution in [0.1, 0.15) is 6.92 Å². The fourth-order valence-electron chi connectivity index (χ4n) is 0.166. The van der Waals surface area contributed by atoms with Crippen LogP contribution in [0.5, 0.6) is 0 Å². The van der Waals surface area contributed by atoms with Gasteiger partial charge in [-0.05, 0) is 11.1 Å². The van der Waals surface area contributed by atoms with Crippen LogP contribution in [0.25, 0.3) is 0 Å². The van der Waals surface area contributed by atoms with Gasteiger partial charge in [-0.25, -0.2) is 0 Å². The number of rotatable bonds is 3. The van der Waals surface area contributed by atoms with Gasteiger partial charge >= 0.3 is 0 Å². The van der Waals surface area contributed by atoms with Crippen molar-refractivity contribution < 1.29 is 0 Å². The minimum Gasteiger partial charge on any atom is -0.157 e. The first-order valence-electron chi connectivity index (χ1n) is 1.93. The van der Waals surface area contributed by atoms with Crippen molar-refractivity contribution in [1.29, 1.82) is 0 Å². The maximum atomic E-state index is 4.57. The zero-order chi connectivity index (χ0) is 4.83. The minimum absolute atomic E-state index is 1.02. The van der Waals surface area contributed by atoms with Gasteiger partial charge in [0.2, 0.25) is 0 Å². The second-order valence-corrected chi connectivity index (χ2v) is 2.48. The van der Waals surface area contributed by atoms with Gasteiger partial charge in [0.05, 0.1) is 0 Å². The molecule has 36 valence electrons. The number of hydrogen-bond acceptors (Lipinski definition) is 2. The highest BCUT2D eigenvalue weighted by atomic mass is 32.2. The van der Waals surface area contributed by atoms with Crippen LogP contribution < -0.4 is 0 Å². The summed E-state index contributed by atoms with van der Waals surface area (Å²) in [6.45, 7) is 2.13. The lowest BCUT2D eigenvalue weighted by Gasteiger charge is -1.81. The predicted octanol–water partition coefficient (Wildman–Crippen LogP) is 1.74. The van der Waals surface area contributed by atoms with E-state index in [2.05, 4.69) is 19.1 Å². The molecule has 6 heavy (non-hydrogen) atoms. The monoisotopic (exact) mass is 120 g/mol. The fraction of sp³-hybridized carbons (Fsp3) is 0.750. The Morgan fingerprint density at radius 1 is 1.83 bits per heavy atom. The van der Waals surface area contributed by atoms with Gasteiger partial charge in [-0.1, -0.05) is 19.1 Å². The maximum Gasteiger partial charge on any atom is 0.0217 e. The lowest BCUT2D eigenvalue weighted by Crippen LogP contribution is -1.73. The summed E-state index contributed by atoms with van der Waals surface area (Å²) in [7, 11) is 0. The summed E-state index contributed by atoms with van der Waals surface area (Å²) in [6, 6.07) is 0. The number of thioether (sulfide) groups is 1. The van der Waals surface area contributed by atoms with Crippen molar-refractivity contribution in [2.75, 3.05) is 11.5 Å². The second kappa shape index (κ2) is 5.44. The Labute approximate surface area is 48.3 Å². The molecule has 0 aromatic heterocycles. The number of hydrogen-bond donors (Lipinski definition) is 0. The first kappa shape index (κ1) is 6.44. The van der Waals surface area contributed by atoms with Gasteiger partial charge in [0, 0.05) is 5.75 Å². The fourth-order valence-corrected chi connectivity index (χ4v) is 0.787. The zero-order valence-electron chi connectivity index (χ0n) is 3.81. The largest absolute Gasteiger partial charge is 0.157 e. The molecule has 0 bridgehead atoms. The van der Waals surface area contributed by atoms with Crippen LogP contribution in [0.15, 0.2) is 0 Å². The molecule has 0 rings (SSSR count). The quantitative estimate of drug-likeness (QED) is 0.411. The molecule has 0 aromatic rings. The van der Waals surface area contributed by atoms with E-state index in [0.717, 1.165) is 5.75 Å². The van der Waals surface area contributed by atoms with Crippen molar-refractivity contribution in [3.05, 3.63) is 0 Å². The van der Waals surface area contributed by atoms with Gasteiger partial charge in [-0.15, -0.1) is 0 Å². The van der Waals surface area contributed by atoms with Crippen LogP contribution in [-0.2, 0) is 0 Å². The number of thiocarbonyl (C=S) groups is 1. The molecule has 0 spiro atoms. The van der Waals surface area contributed by atoms with Crippen molar-refractivity contribution in [3.8, 4) is 0 Å². The average Bonchev–Trinajstić information content (AvgIpc) is 1.61. The summed E-state index contributed by atoms with van der Waals surface area (Å²) in [5.41, 5.74) is 0. The van der Waals surface area contributed by atoms with E-state index in [9.17, 15) is 0 Å². The molecule has 0 aromatic carbocycles. The van der Waals surface area contributed by atoms with Crippen LogP contribution in [0.4, 0.5) is 0 Å². The smallest absolute Gasteiger partial charge is 0.0217 e. The highest BCUT2D eigenvalue weighted by Crippen LogP contribution is 1.93. The zero-order valence-corrected chi connectivity index (χ0v) is 5.44. The summed E-state index contributed by atoms with van der Waals surface area (Å²) in [5, 5.41) is 1.76. The van der Waals surface area contributed by atoms with Crippen LogP contribution in [0.2, 0.25) is 0 Å². The highest BCUT2D eigenvalue weighted by Gasteiger charge is 1.71. The van der Waals surface area contributed by atoms with E-state index in [-0.39, 0.29) is 0 Å². The van der Waals surface area contributed by atoms with E-state index in [4.69, 9.17) is 0 Å². The third-order valence-corrected chi connectivity index (χ3v) is 1.58. The highest BCUT2D eigenvalue weighted by molar-refractivity contribution is 8.00. The molecule has 0 saturated carbocycles. The van der Waals surface area contributed by atoms with E-state index < -0.39 is 0 Å². The van der Waals surface area contributed by atoms with Gasteiger partial charge in [0.25, 0.3) is 0 Å². The summed E-state index contributed by atoms with van der Waals surface area (Å²) in [4.78, 5) is 0. The van der Waals surface area contributed by atoms with E-state index in [1.807, 2.05) is 11.8 Å². The van der Waals surface area contributed by atoms with Crippen LogP contribution >= 0.6 is 24.0 Å². The van der Waals surface area contributed by atoms with Crippen molar-refractivity contribution in [2.45, 2.75) is 6.92 Å². The molecule has 0 N–H and O–H groups in total. The molecule has 0 aliphatic heterocycles. The molecule has 0 heterocycles. The third-order valence-electron chi connectivity index (χ3n) is 0.390. The van der Waals surface area contributed by atoms with Gasteiger partial charge in [-0.3, -0.25) is 0 Å². The van der Waals surface area contributed by atoms with Gasteiger partial charge in [-0.2, -0.15) is 11.8 Å². The topological polar surface area (TPSA) is 0 Å². The molecule has 0 fully saturated rings. The Morgan fingerprint density at radius 3 is 2.67 bits per heavy atom. The summed E-state index contributed by atoms with van der Waals surface area (Å²) in [5.74, 6) is 2.19. The Balaban J connectivity index is 2.49. The first-order valence-corrected chi connectivity index (χ1v) is 3.55. The van der Waals surface area contributed by atoms with Crippen molar-refractivity contribution in [2.24, 2.45) is 0 Å². The Morgan fingerprint density at radius 2 is 2.50 bits per heavy atom. The second-order valence-electron chi connectivity index (χ2n) is 0.826. The van der Waals surface area contributed by atoms with E-state index in [1.165, 1.54) is 5.75 Å². The molecule has 0 radical (unpaired) electrons. The standard InChI is InChI=1S/C4H8S2/c1-2-6-4-3-5/h3H,2,4H2,1H3. The lowest BCUT2D eigenvalue weighted by molar-refractivity contribution is 1.53. The van der Waals surface area contributed by atoms with Crippen molar-refractivity contribution in [1.82, 2.24) is 0 Å². The van der Waals surface area contributed by atoms with Crippen molar-refractivity contribution >= 4 is 29.3 Å². The molecule has 0 aliphatic carbocycles. The Kier molecular flexibility index (Phi) is 5.84. The third kappa shape index (κ3) is 4.44. The van der Waals surface area contributed by atoms with Crippen molar-refractivity contribution in [3.63, 3.8) is 0 Å².